The Labute approximate surface area is 140 Å². The van der Waals surface area contributed by atoms with Gasteiger partial charge in [0.2, 0.25) is 5.13 Å². The Morgan fingerprint density at radius 2 is 1.91 bits per heavy atom. The minimum Gasteiger partial charge on any atom is -0.330 e. The predicted molar refractivity (Wildman–Crippen MR) is 95.5 cm³/mol. The summed E-state index contributed by atoms with van der Waals surface area (Å²) in [6.07, 6.45) is 4.97. The molecule has 4 nitrogen and oxygen atoms in total. The van der Waals surface area contributed by atoms with Crippen LogP contribution in [-0.4, -0.2) is 27.8 Å². The molecule has 1 aromatic heterocycles. The molecule has 0 aliphatic carbocycles. The topological polar surface area (TPSA) is 33.1 Å². The highest BCUT2D eigenvalue weighted by atomic mass is 32.1. The lowest BCUT2D eigenvalue weighted by molar-refractivity contribution is 0.173. The van der Waals surface area contributed by atoms with Gasteiger partial charge in [0.1, 0.15) is 0 Å². The number of benzene rings is 1. The van der Waals surface area contributed by atoms with Crippen LogP contribution in [0.1, 0.15) is 31.7 Å². The maximum atomic E-state index is 5.45. The van der Waals surface area contributed by atoms with Gasteiger partial charge in [0.15, 0.2) is 3.95 Å². The first-order chi connectivity index (χ1) is 10.7. The molecule has 1 aromatic carbocycles. The molecule has 0 bridgehead atoms. The van der Waals surface area contributed by atoms with E-state index in [1.807, 2.05) is 4.68 Å². The third-order valence-corrected chi connectivity index (χ3v) is 5.23. The van der Waals surface area contributed by atoms with E-state index in [-0.39, 0.29) is 0 Å². The number of piperidine rings is 1. The van der Waals surface area contributed by atoms with Gasteiger partial charge in [-0.25, -0.2) is 4.68 Å². The van der Waals surface area contributed by atoms with Crippen LogP contribution in [-0.2, 0) is 13.1 Å². The highest BCUT2D eigenvalue weighted by Gasteiger charge is 2.12. The predicted octanol–water partition coefficient (Wildman–Crippen LogP) is 4.42. The molecule has 0 saturated carbocycles. The maximum absolute atomic E-state index is 5.45. The van der Waals surface area contributed by atoms with E-state index in [0.29, 0.717) is 0 Å². The number of hydrogen-bond acceptors (Lipinski definition) is 5. The van der Waals surface area contributed by atoms with Crippen molar-refractivity contribution >= 4 is 34.4 Å². The van der Waals surface area contributed by atoms with Crippen molar-refractivity contribution in [2.24, 2.45) is 0 Å². The average Bonchev–Trinajstić information content (AvgIpc) is 2.88. The number of nitrogens with zero attached hydrogens (tertiary/aromatic N) is 3. The summed E-state index contributed by atoms with van der Waals surface area (Å²) < 4.78 is 2.77. The van der Waals surface area contributed by atoms with Crippen molar-refractivity contribution in [3.8, 4) is 0 Å². The summed E-state index contributed by atoms with van der Waals surface area (Å²) in [5, 5.41) is 8.84. The molecule has 0 spiro atoms. The molecule has 22 heavy (non-hydrogen) atoms. The molecule has 0 radical (unpaired) electrons. The monoisotopic (exact) mass is 334 g/mol. The Bertz CT molecular complexity index is 654. The van der Waals surface area contributed by atoms with Crippen molar-refractivity contribution < 1.29 is 0 Å². The van der Waals surface area contributed by atoms with E-state index < -0.39 is 0 Å². The number of nitrogens with one attached hydrogen (secondary N) is 1. The summed E-state index contributed by atoms with van der Waals surface area (Å²) in [7, 11) is 0. The van der Waals surface area contributed by atoms with Crippen LogP contribution in [0.5, 0.6) is 0 Å². The lowest BCUT2D eigenvalue weighted by Gasteiger charge is -2.25. The summed E-state index contributed by atoms with van der Waals surface area (Å²) in [4.78, 5) is 2.43. The molecule has 2 aromatic rings. The van der Waals surface area contributed by atoms with Crippen LogP contribution >= 0.6 is 23.6 Å². The SMILES string of the molecule is CCc1ccc(Nc2nn(CN3CCCCC3)c(=S)s2)cc1. The minimum atomic E-state index is 0.811. The number of hydrogen-bond donors (Lipinski definition) is 1. The molecule has 0 amide bonds. The summed E-state index contributed by atoms with van der Waals surface area (Å²) >= 11 is 6.99. The van der Waals surface area contributed by atoms with E-state index in [9.17, 15) is 0 Å². The first-order valence-corrected chi connectivity index (χ1v) is 9.13. The molecule has 1 aliphatic rings. The second-order valence-corrected chi connectivity index (χ2v) is 7.29. The Hall–Kier alpha value is -1.24. The molecular formula is C16H22N4S2. The second kappa shape index (κ2) is 7.35. The quantitative estimate of drug-likeness (QED) is 0.820. The Balaban J connectivity index is 1.67. The molecular weight excluding hydrogens is 312 g/mol. The van der Waals surface area contributed by atoms with Gasteiger partial charge >= 0.3 is 0 Å². The van der Waals surface area contributed by atoms with Gasteiger partial charge in [-0.05, 0) is 62.3 Å². The number of rotatable bonds is 5. The van der Waals surface area contributed by atoms with Crippen LogP contribution in [0.4, 0.5) is 10.8 Å². The Morgan fingerprint density at radius 1 is 1.18 bits per heavy atom. The third-order valence-electron chi connectivity index (χ3n) is 4.00. The fourth-order valence-electron chi connectivity index (χ4n) is 2.68. The van der Waals surface area contributed by atoms with Crippen molar-refractivity contribution in [1.82, 2.24) is 14.7 Å². The molecule has 1 fully saturated rings. The van der Waals surface area contributed by atoms with Gasteiger partial charge in [-0.2, -0.15) is 0 Å². The van der Waals surface area contributed by atoms with Gasteiger partial charge in [0, 0.05) is 5.69 Å². The van der Waals surface area contributed by atoms with Crippen LogP contribution < -0.4 is 5.32 Å². The normalized spacial score (nSPS) is 15.9. The van der Waals surface area contributed by atoms with E-state index >= 15 is 0 Å². The summed E-state index contributed by atoms with van der Waals surface area (Å²) in [6, 6.07) is 8.48. The number of likely N-dealkylation sites (tertiary alicyclic amines) is 1. The lowest BCUT2D eigenvalue weighted by atomic mass is 10.1. The third kappa shape index (κ3) is 3.94. The van der Waals surface area contributed by atoms with Gasteiger partial charge in [-0.1, -0.05) is 36.8 Å². The molecule has 3 rings (SSSR count). The van der Waals surface area contributed by atoms with Crippen LogP contribution in [0.25, 0.3) is 0 Å². The fourth-order valence-corrected chi connectivity index (χ4v) is 3.70. The van der Waals surface area contributed by atoms with Crippen LogP contribution in [0.2, 0.25) is 0 Å². The number of aryl methyl sites for hydroxylation is 1. The van der Waals surface area contributed by atoms with E-state index in [2.05, 4.69) is 46.5 Å². The van der Waals surface area contributed by atoms with Gasteiger partial charge in [0.05, 0.1) is 6.67 Å². The van der Waals surface area contributed by atoms with E-state index in [1.165, 1.54) is 36.2 Å². The molecule has 6 heteroatoms. The highest BCUT2D eigenvalue weighted by molar-refractivity contribution is 7.73. The molecule has 0 atom stereocenters. The van der Waals surface area contributed by atoms with Crippen LogP contribution in [0, 0.1) is 3.95 Å². The van der Waals surface area contributed by atoms with Crippen molar-refractivity contribution in [3.05, 3.63) is 33.8 Å². The molecule has 1 saturated heterocycles. The molecule has 1 N–H and O–H groups in total. The van der Waals surface area contributed by atoms with E-state index in [4.69, 9.17) is 12.2 Å². The first kappa shape index (κ1) is 15.6. The standard InChI is InChI=1S/C16H22N4S2/c1-2-13-6-8-14(9-7-13)17-15-18-20(16(21)22-15)12-19-10-4-3-5-11-19/h6-9H,2-5,10-12H2,1H3,(H,17,18). The van der Waals surface area contributed by atoms with Crippen molar-refractivity contribution in [1.29, 1.82) is 0 Å². The maximum Gasteiger partial charge on any atom is 0.209 e. The smallest absolute Gasteiger partial charge is 0.209 e. The zero-order chi connectivity index (χ0) is 15.4. The van der Waals surface area contributed by atoms with E-state index in [1.54, 1.807) is 0 Å². The Kier molecular flexibility index (Phi) is 5.23. The number of aromatic nitrogens is 2. The lowest BCUT2D eigenvalue weighted by Crippen LogP contribution is -2.32. The van der Waals surface area contributed by atoms with Gasteiger partial charge < -0.3 is 5.32 Å². The summed E-state index contributed by atoms with van der Waals surface area (Å²) in [5.74, 6) is 0. The summed E-state index contributed by atoms with van der Waals surface area (Å²) in [5.41, 5.74) is 2.40. The van der Waals surface area contributed by atoms with Gasteiger partial charge in [-0.3, -0.25) is 4.90 Å². The average molecular weight is 335 g/mol. The summed E-state index contributed by atoms with van der Waals surface area (Å²) in [6.45, 7) is 5.28. The zero-order valence-electron chi connectivity index (χ0n) is 12.9. The highest BCUT2D eigenvalue weighted by Crippen LogP contribution is 2.21. The van der Waals surface area contributed by atoms with Crippen LogP contribution in [0.3, 0.4) is 0 Å². The number of anilines is 2. The zero-order valence-corrected chi connectivity index (χ0v) is 14.6. The largest absolute Gasteiger partial charge is 0.330 e. The minimum absolute atomic E-state index is 0.811. The van der Waals surface area contributed by atoms with Gasteiger partial charge in [-0.15, -0.1) is 5.10 Å². The van der Waals surface area contributed by atoms with Gasteiger partial charge in [0.25, 0.3) is 0 Å². The molecule has 0 unspecified atom stereocenters. The fraction of sp³-hybridized carbons (Fsp3) is 0.500. The first-order valence-electron chi connectivity index (χ1n) is 7.91. The Morgan fingerprint density at radius 3 is 2.59 bits per heavy atom. The van der Waals surface area contributed by atoms with E-state index in [0.717, 1.165) is 41.0 Å². The molecule has 118 valence electrons. The van der Waals surface area contributed by atoms with Crippen molar-refractivity contribution in [2.75, 3.05) is 18.4 Å². The molecule has 2 heterocycles. The second-order valence-electron chi connectivity index (χ2n) is 5.67. The molecule has 1 aliphatic heterocycles. The van der Waals surface area contributed by atoms with Crippen molar-refractivity contribution in [2.45, 2.75) is 39.3 Å². The van der Waals surface area contributed by atoms with Crippen molar-refractivity contribution in [3.63, 3.8) is 0 Å². The van der Waals surface area contributed by atoms with Crippen LogP contribution in [0.15, 0.2) is 24.3 Å².